The summed E-state index contributed by atoms with van der Waals surface area (Å²) in [7, 11) is 1.98. The van der Waals surface area contributed by atoms with Gasteiger partial charge in [-0.1, -0.05) is 28.8 Å². The van der Waals surface area contributed by atoms with E-state index in [4.69, 9.17) is 0 Å². The lowest BCUT2D eigenvalue weighted by Gasteiger charge is -2.14. The fraction of sp³-hybridized carbons (Fsp3) is 0.800. The zero-order valence-corrected chi connectivity index (χ0v) is 10.1. The van der Waals surface area contributed by atoms with Crippen LogP contribution in [-0.2, 0) is 7.05 Å². The first-order valence-electron chi connectivity index (χ1n) is 5.25. The van der Waals surface area contributed by atoms with Crippen molar-refractivity contribution in [3.8, 4) is 0 Å². The number of hydrogen-bond donors (Lipinski definition) is 0. The molecule has 0 saturated heterocycles. The summed E-state index contributed by atoms with van der Waals surface area (Å²) in [4.78, 5) is 5.01. The van der Waals surface area contributed by atoms with Crippen LogP contribution in [-0.4, -0.2) is 19.6 Å². The van der Waals surface area contributed by atoms with E-state index in [1.165, 1.54) is 32.1 Å². The summed E-state index contributed by atoms with van der Waals surface area (Å²) in [5.74, 6) is 1.74. The summed E-state index contributed by atoms with van der Waals surface area (Å²) < 4.78 is 1.91. The summed E-state index contributed by atoms with van der Waals surface area (Å²) in [5, 5.41) is 4.14. The molecule has 0 N–H and O–H groups in total. The van der Waals surface area contributed by atoms with Crippen molar-refractivity contribution in [1.82, 2.24) is 14.8 Å². The molecule has 1 heterocycles. The van der Waals surface area contributed by atoms with Gasteiger partial charge in [-0.15, -0.1) is 0 Å². The lowest BCUT2D eigenvalue weighted by atomic mass is 10.00. The molecule has 1 aromatic rings. The van der Waals surface area contributed by atoms with E-state index in [9.17, 15) is 0 Å². The number of aryl methyl sites for hydroxylation is 1. The van der Waals surface area contributed by atoms with Crippen LogP contribution in [0.4, 0.5) is 0 Å². The number of hydrogen-bond acceptors (Lipinski definition) is 2. The number of nitrogens with zero attached hydrogens (tertiary/aromatic N) is 3. The molecule has 1 aromatic heterocycles. The van der Waals surface area contributed by atoms with E-state index >= 15 is 0 Å². The minimum absolute atomic E-state index is 0.592. The molecule has 2 unspecified atom stereocenters. The normalized spacial score (nSPS) is 28.7. The molecule has 0 radical (unpaired) electrons. The molecule has 1 fully saturated rings. The van der Waals surface area contributed by atoms with Gasteiger partial charge in [0.15, 0.2) is 0 Å². The molecule has 14 heavy (non-hydrogen) atoms. The Morgan fingerprint density at radius 1 is 1.43 bits per heavy atom. The van der Waals surface area contributed by atoms with Crippen molar-refractivity contribution >= 4 is 15.9 Å². The van der Waals surface area contributed by atoms with Crippen LogP contribution in [0.25, 0.3) is 0 Å². The van der Waals surface area contributed by atoms with Crippen LogP contribution in [0.5, 0.6) is 0 Å². The van der Waals surface area contributed by atoms with Crippen molar-refractivity contribution in [3.05, 3.63) is 12.2 Å². The standard InChI is InChI=1S/C10H16BrN3/c1-14-10(12-7-13-14)8-4-2-3-5-9(11)6-8/h7-9H,2-6H2,1H3. The summed E-state index contributed by atoms with van der Waals surface area (Å²) in [6.45, 7) is 0. The Balaban J connectivity index is 2.13. The highest BCUT2D eigenvalue weighted by molar-refractivity contribution is 9.09. The largest absolute Gasteiger partial charge is 0.253 e. The van der Waals surface area contributed by atoms with E-state index in [0.29, 0.717) is 10.7 Å². The average Bonchev–Trinajstić information content (AvgIpc) is 2.45. The molecule has 4 heteroatoms. The fourth-order valence-corrected chi connectivity index (χ4v) is 2.99. The van der Waals surface area contributed by atoms with E-state index in [1.807, 2.05) is 11.7 Å². The minimum atomic E-state index is 0.592. The van der Waals surface area contributed by atoms with Gasteiger partial charge in [0, 0.05) is 17.8 Å². The van der Waals surface area contributed by atoms with Gasteiger partial charge in [0.1, 0.15) is 12.2 Å². The smallest absolute Gasteiger partial charge is 0.138 e. The monoisotopic (exact) mass is 257 g/mol. The topological polar surface area (TPSA) is 30.7 Å². The van der Waals surface area contributed by atoms with Crippen LogP contribution in [0.2, 0.25) is 0 Å². The quantitative estimate of drug-likeness (QED) is 0.572. The van der Waals surface area contributed by atoms with Crippen LogP contribution in [0, 0.1) is 0 Å². The zero-order valence-electron chi connectivity index (χ0n) is 8.49. The summed E-state index contributed by atoms with van der Waals surface area (Å²) in [6.07, 6.45) is 8.07. The third-order valence-corrected chi connectivity index (χ3v) is 3.80. The molecule has 0 bridgehead atoms. The van der Waals surface area contributed by atoms with Gasteiger partial charge in [-0.05, 0) is 19.3 Å². The molecule has 0 spiro atoms. The third-order valence-electron chi connectivity index (χ3n) is 2.97. The highest BCUT2D eigenvalue weighted by Crippen LogP contribution is 2.33. The van der Waals surface area contributed by atoms with E-state index < -0.39 is 0 Å². The van der Waals surface area contributed by atoms with Gasteiger partial charge >= 0.3 is 0 Å². The van der Waals surface area contributed by atoms with E-state index in [2.05, 4.69) is 26.0 Å². The highest BCUT2D eigenvalue weighted by atomic mass is 79.9. The van der Waals surface area contributed by atoms with Gasteiger partial charge in [-0.25, -0.2) is 4.98 Å². The second-order valence-electron chi connectivity index (χ2n) is 4.06. The maximum atomic E-state index is 4.35. The fourth-order valence-electron chi connectivity index (χ4n) is 2.21. The van der Waals surface area contributed by atoms with Crippen LogP contribution in [0.1, 0.15) is 43.8 Å². The molecule has 78 valence electrons. The Morgan fingerprint density at radius 2 is 2.21 bits per heavy atom. The minimum Gasteiger partial charge on any atom is -0.253 e. The second-order valence-corrected chi connectivity index (χ2v) is 5.35. The lowest BCUT2D eigenvalue weighted by Crippen LogP contribution is -2.10. The van der Waals surface area contributed by atoms with Gasteiger partial charge in [-0.3, -0.25) is 4.68 Å². The first kappa shape index (κ1) is 10.1. The van der Waals surface area contributed by atoms with Gasteiger partial charge < -0.3 is 0 Å². The van der Waals surface area contributed by atoms with Gasteiger partial charge in [0.05, 0.1) is 0 Å². The van der Waals surface area contributed by atoms with Crippen LogP contribution < -0.4 is 0 Å². The van der Waals surface area contributed by atoms with E-state index in [1.54, 1.807) is 6.33 Å². The Hall–Kier alpha value is -0.380. The first-order chi connectivity index (χ1) is 6.77. The van der Waals surface area contributed by atoms with E-state index in [0.717, 1.165) is 5.82 Å². The van der Waals surface area contributed by atoms with Crippen molar-refractivity contribution < 1.29 is 0 Å². The molecule has 0 aliphatic heterocycles. The molecule has 3 nitrogen and oxygen atoms in total. The molecule has 0 amide bonds. The highest BCUT2D eigenvalue weighted by Gasteiger charge is 2.22. The molecule has 2 rings (SSSR count). The predicted octanol–water partition coefficient (Wildman–Crippen LogP) is 2.63. The zero-order chi connectivity index (χ0) is 9.97. The Kier molecular flexibility index (Phi) is 3.21. The maximum absolute atomic E-state index is 4.35. The molecule has 1 saturated carbocycles. The van der Waals surface area contributed by atoms with E-state index in [-0.39, 0.29) is 0 Å². The number of rotatable bonds is 1. The Bertz CT molecular complexity index is 297. The SMILES string of the molecule is Cn1ncnc1C1CCCCC(Br)C1. The Labute approximate surface area is 93.0 Å². The van der Waals surface area contributed by atoms with Gasteiger partial charge in [-0.2, -0.15) is 5.10 Å². The van der Waals surface area contributed by atoms with Crippen LogP contribution in [0.3, 0.4) is 0 Å². The first-order valence-corrected chi connectivity index (χ1v) is 6.17. The molecule has 1 aliphatic carbocycles. The van der Waals surface area contributed by atoms with Crippen molar-refractivity contribution in [3.63, 3.8) is 0 Å². The Morgan fingerprint density at radius 3 is 2.93 bits per heavy atom. The van der Waals surface area contributed by atoms with Crippen molar-refractivity contribution in [2.24, 2.45) is 7.05 Å². The molecule has 0 aromatic carbocycles. The number of aromatic nitrogens is 3. The molecular formula is C10H16BrN3. The second kappa shape index (κ2) is 4.43. The van der Waals surface area contributed by atoms with Gasteiger partial charge in [0.2, 0.25) is 0 Å². The van der Waals surface area contributed by atoms with Crippen molar-refractivity contribution in [2.45, 2.75) is 42.8 Å². The summed E-state index contributed by atoms with van der Waals surface area (Å²) in [6, 6.07) is 0. The van der Waals surface area contributed by atoms with Crippen molar-refractivity contribution in [2.75, 3.05) is 0 Å². The van der Waals surface area contributed by atoms with Crippen LogP contribution >= 0.6 is 15.9 Å². The average molecular weight is 258 g/mol. The molecular weight excluding hydrogens is 242 g/mol. The number of alkyl halides is 1. The summed E-state index contributed by atoms with van der Waals surface area (Å²) >= 11 is 3.73. The number of halogens is 1. The third kappa shape index (κ3) is 2.16. The van der Waals surface area contributed by atoms with Crippen LogP contribution in [0.15, 0.2) is 6.33 Å². The lowest BCUT2D eigenvalue weighted by molar-refractivity contribution is 0.533. The maximum Gasteiger partial charge on any atom is 0.138 e. The van der Waals surface area contributed by atoms with Crippen molar-refractivity contribution in [1.29, 1.82) is 0 Å². The predicted molar refractivity (Wildman–Crippen MR) is 59.5 cm³/mol. The summed E-state index contributed by atoms with van der Waals surface area (Å²) in [5.41, 5.74) is 0. The molecule has 2 atom stereocenters. The molecule has 1 aliphatic rings. The van der Waals surface area contributed by atoms with Gasteiger partial charge in [0.25, 0.3) is 0 Å².